The first kappa shape index (κ1) is 16.1. The van der Waals surface area contributed by atoms with Gasteiger partial charge in [-0.3, -0.25) is 9.59 Å². The quantitative estimate of drug-likeness (QED) is 0.867. The molecule has 0 radical (unpaired) electrons. The van der Waals surface area contributed by atoms with Crippen molar-refractivity contribution < 1.29 is 9.59 Å². The van der Waals surface area contributed by atoms with Crippen molar-refractivity contribution in [3.8, 4) is 0 Å². The number of anilines is 2. The van der Waals surface area contributed by atoms with Crippen molar-refractivity contribution in [1.29, 1.82) is 0 Å². The summed E-state index contributed by atoms with van der Waals surface area (Å²) < 4.78 is 0. The van der Waals surface area contributed by atoms with Crippen LogP contribution in [0, 0.1) is 0 Å². The standard InChI is InChI=1S/C17H18N2O2S2/c20-16(12-22-11-15-3-2-10-23-15)18-13-5-7-14(8-6-13)19-9-1-4-17(19)21/h2-3,5-8,10H,1,4,9,11-12H2,(H,18,20). The fourth-order valence-corrected chi connectivity index (χ4v) is 4.15. The predicted octanol–water partition coefficient (Wildman–Crippen LogP) is 3.75. The van der Waals surface area contributed by atoms with Crippen molar-refractivity contribution in [1.82, 2.24) is 0 Å². The smallest absolute Gasteiger partial charge is 0.234 e. The second-order valence-corrected chi connectivity index (χ2v) is 7.33. The summed E-state index contributed by atoms with van der Waals surface area (Å²) >= 11 is 3.32. The molecule has 1 aromatic carbocycles. The topological polar surface area (TPSA) is 49.4 Å². The predicted molar refractivity (Wildman–Crippen MR) is 97.1 cm³/mol. The van der Waals surface area contributed by atoms with E-state index in [4.69, 9.17) is 0 Å². The van der Waals surface area contributed by atoms with Crippen LogP contribution in [0.2, 0.25) is 0 Å². The van der Waals surface area contributed by atoms with Crippen LogP contribution >= 0.6 is 23.1 Å². The minimum atomic E-state index is -0.00319. The molecule has 1 saturated heterocycles. The lowest BCUT2D eigenvalue weighted by molar-refractivity contribution is -0.117. The maximum Gasteiger partial charge on any atom is 0.234 e. The van der Waals surface area contributed by atoms with Crippen LogP contribution in [0.1, 0.15) is 17.7 Å². The Labute approximate surface area is 143 Å². The lowest BCUT2D eigenvalue weighted by Crippen LogP contribution is -2.23. The van der Waals surface area contributed by atoms with Crippen molar-refractivity contribution in [3.05, 3.63) is 46.7 Å². The van der Waals surface area contributed by atoms with Gasteiger partial charge in [0.1, 0.15) is 0 Å². The zero-order valence-corrected chi connectivity index (χ0v) is 14.3. The summed E-state index contributed by atoms with van der Waals surface area (Å²) in [6.45, 7) is 0.782. The molecule has 2 aromatic rings. The summed E-state index contributed by atoms with van der Waals surface area (Å²) in [6.07, 6.45) is 1.54. The second-order valence-electron chi connectivity index (χ2n) is 5.32. The Bertz CT molecular complexity index is 668. The lowest BCUT2D eigenvalue weighted by atomic mass is 10.2. The first-order valence-electron chi connectivity index (χ1n) is 7.53. The Kier molecular flexibility index (Phi) is 5.35. The van der Waals surface area contributed by atoms with E-state index in [0.717, 1.165) is 30.1 Å². The molecule has 2 heterocycles. The normalized spacial score (nSPS) is 14.3. The molecule has 4 nitrogen and oxygen atoms in total. The minimum absolute atomic E-state index is 0.00319. The van der Waals surface area contributed by atoms with Gasteiger partial charge in [0.05, 0.1) is 5.75 Å². The van der Waals surface area contributed by atoms with E-state index in [0.29, 0.717) is 12.2 Å². The van der Waals surface area contributed by atoms with Crippen molar-refractivity contribution >= 4 is 46.3 Å². The largest absolute Gasteiger partial charge is 0.325 e. The summed E-state index contributed by atoms with van der Waals surface area (Å²) in [5.41, 5.74) is 1.67. The number of nitrogens with one attached hydrogen (secondary N) is 1. The van der Waals surface area contributed by atoms with Crippen LogP contribution in [0.25, 0.3) is 0 Å². The van der Waals surface area contributed by atoms with Crippen molar-refractivity contribution in [2.75, 3.05) is 22.5 Å². The van der Waals surface area contributed by atoms with E-state index in [2.05, 4.69) is 11.4 Å². The van der Waals surface area contributed by atoms with Gasteiger partial charge in [0.2, 0.25) is 11.8 Å². The van der Waals surface area contributed by atoms with E-state index >= 15 is 0 Å². The van der Waals surface area contributed by atoms with Crippen molar-refractivity contribution in [2.45, 2.75) is 18.6 Å². The maximum absolute atomic E-state index is 11.9. The summed E-state index contributed by atoms with van der Waals surface area (Å²) in [5.74, 6) is 1.47. The highest BCUT2D eigenvalue weighted by molar-refractivity contribution is 7.99. The summed E-state index contributed by atoms with van der Waals surface area (Å²) in [4.78, 5) is 26.7. The van der Waals surface area contributed by atoms with Gasteiger partial charge in [-0.05, 0) is 42.1 Å². The van der Waals surface area contributed by atoms with E-state index in [1.165, 1.54) is 4.88 Å². The number of hydrogen-bond acceptors (Lipinski definition) is 4. The summed E-state index contributed by atoms with van der Waals surface area (Å²) in [7, 11) is 0. The Balaban J connectivity index is 1.47. The number of benzene rings is 1. The van der Waals surface area contributed by atoms with E-state index in [1.807, 2.05) is 35.7 Å². The van der Waals surface area contributed by atoms with Crippen LogP contribution in [0.4, 0.5) is 11.4 Å². The van der Waals surface area contributed by atoms with Gasteiger partial charge < -0.3 is 10.2 Å². The second kappa shape index (κ2) is 7.66. The van der Waals surface area contributed by atoms with E-state index in [1.54, 1.807) is 28.0 Å². The number of hydrogen-bond donors (Lipinski definition) is 1. The number of carbonyl (C=O) groups is 2. The third-order valence-corrected chi connectivity index (χ3v) is 5.63. The van der Waals surface area contributed by atoms with Crippen LogP contribution in [0.15, 0.2) is 41.8 Å². The van der Waals surface area contributed by atoms with Gasteiger partial charge in [0.15, 0.2) is 0 Å². The molecular weight excluding hydrogens is 328 g/mol. The molecule has 0 spiro atoms. The molecule has 1 N–H and O–H groups in total. The molecule has 23 heavy (non-hydrogen) atoms. The maximum atomic E-state index is 11.9. The molecule has 120 valence electrons. The van der Waals surface area contributed by atoms with Crippen LogP contribution in [0.5, 0.6) is 0 Å². The van der Waals surface area contributed by atoms with Crippen molar-refractivity contribution in [3.63, 3.8) is 0 Å². The third kappa shape index (κ3) is 4.36. The Hall–Kier alpha value is -1.79. The van der Waals surface area contributed by atoms with Gasteiger partial charge in [-0.15, -0.1) is 23.1 Å². The first-order valence-corrected chi connectivity index (χ1v) is 9.56. The van der Waals surface area contributed by atoms with Crippen LogP contribution < -0.4 is 10.2 Å². The van der Waals surface area contributed by atoms with Gasteiger partial charge in [-0.1, -0.05) is 6.07 Å². The molecular formula is C17H18N2O2S2. The Morgan fingerprint density at radius 2 is 2.09 bits per heavy atom. The lowest BCUT2D eigenvalue weighted by Gasteiger charge is -2.16. The number of nitrogens with zero attached hydrogens (tertiary/aromatic N) is 1. The monoisotopic (exact) mass is 346 g/mol. The van der Waals surface area contributed by atoms with E-state index in [-0.39, 0.29) is 11.8 Å². The average Bonchev–Trinajstić information content (AvgIpc) is 3.20. The Morgan fingerprint density at radius 1 is 1.26 bits per heavy atom. The van der Waals surface area contributed by atoms with Gasteiger partial charge in [-0.2, -0.15) is 0 Å². The third-order valence-electron chi connectivity index (χ3n) is 3.59. The van der Waals surface area contributed by atoms with Gasteiger partial charge in [-0.25, -0.2) is 0 Å². The van der Waals surface area contributed by atoms with Crippen LogP contribution in [-0.4, -0.2) is 24.1 Å². The molecule has 6 heteroatoms. The van der Waals surface area contributed by atoms with Gasteiger partial charge in [0.25, 0.3) is 0 Å². The molecule has 1 aliphatic rings. The molecule has 0 unspecified atom stereocenters. The molecule has 0 bridgehead atoms. The number of amides is 2. The zero-order chi connectivity index (χ0) is 16.1. The molecule has 0 atom stereocenters. The Morgan fingerprint density at radius 3 is 2.74 bits per heavy atom. The number of thiophene rings is 1. The first-order chi connectivity index (χ1) is 11.2. The van der Waals surface area contributed by atoms with E-state index < -0.39 is 0 Å². The fraction of sp³-hybridized carbons (Fsp3) is 0.294. The molecule has 1 aromatic heterocycles. The average molecular weight is 346 g/mol. The number of thioether (sulfide) groups is 1. The fourth-order valence-electron chi connectivity index (χ4n) is 2.48. The zero-order valence-electron chi connectivity index (χ0n) is 12.7. The molecule has 1 aliphatic heterocycles. The molecule has 2 amide bonds. The highest BCUT2D eigenvalue weighted by atomic mass is 32.2. The summed E-state index contributed by atoms with van der Waals surface area (Å²) in [5, 5.41) is 4.94. The molecule has 1 fully saturated rings. The van der Waals surface area contributed by atoms with E-state index in [9.17, 15) is 9.59 Å². The number of carbonyl (C=O) groups excluding carboxylic acids is 2. The highest BCUT2D eigenvalue weighted by Gasteiger charge is 2.21. The number of rotatable bonds is 6. The van der Waals surface area contributed by atoms with Crippen LogP contribution in [0.3, 0.4) is 0 Å². The molecule has 0 aliphatic carbocycles. The summed E-state index contributed by atoms with van der Waals surface area (Å²) in [6, 6.07) is 11.6. The van der Waals surface area contributed by atoms with Gasteiger partial charge >= 0.3 is 0 Å². The molecule has 3 rings (SSSR count). The van der Waals surface area contributed by atoms with Crippen LogP contribution in [-0.2, 0) is 15.3 Å². The van der Waals surface area contributed by atoms with Crippen molar-refractivity contribution in [2.24, 2.45) is 0 Å². The molecule has 0 saturated carbocycles. The SMILES string of the molecule is O=C(CSCc1cccs1)Nc1ccc(N2CCCC2=O)cc1. The van der Waals surface area contributed by atoms with Gasteiger partial charge in [0, 0.05) is 35.0 Å². The highest BCUT2D eigenvalue weighted by Crippen LogP contribution is 2.23. The minimum Gasteiger partial charge on any atom is -0.325 e.